The first-order valence-corrected chi connectivity index (χ1v) is 6.65. The summed E-state index contributed by atoms with van der Waals surface area (Å²) in [6.45, 7) is 6.69. The summed E-state index contributed by atoms with van der Waals surface area (Å²) >= 11 is 3.49. The predicted octanol–water partition coefficient (Wildman–Crippen LogP) is 2.20. The molecule has 88 valence electrons. The van der Waals surface area contributed by atoms with Crippen molar-refractivity contribution in [2.75, 3.05) is 26.2 Å². The van der Waals surface area contributed by atoms with Gasteiger partial charge in [0.1, 0.15) is 0 Å². The van der Waals surface area contributed by atoms with Gasteiger partial charge in [-0.2, -0.15) is 0 Å². The van der Waals surface area contributed by atoms with Crippen molar-refractivity contribution in [1.82, 2.24) is 15.2 Å². The highest BCUT2D eigenvalue weighted by atomic mass is 79.9. The van der Waals surface area contributed by atoms with Gasteiger partial charge in [0.05, 0.1) is 0 Å². The van der Waals surface area contributed by atoms with Gasteiger partial charge >= 0.3 is 0 Å². The maximum absolute atomic E-state index is 4.26. The van der Waals surface area contributed by atoms with Crippen LogP contribution in [0.1, 0.15) is 24.9 Å². The van der Waals surface area contributed by atoms with Crippen LogP contribution in [0.3, 0.4) is 0 Å². The molecule has 4 heteroatoms. The summed E-state index contributed by atoms with van der Waals surface area (Å²) in [6, 6.07) is 2.69. The SMILES string of the molecule is CC[C@@H](c1cncc(Br)c1)N1CCNCC1. The Morgan fingerprint density at radius 3 is 2.81 bits per heavy atom. The van der Waals surface area contributed by atoms with E-state index in [0.29, 0.717) is 6.04 Å². The lowest BCUT2D eigenvalue weighted by molar-refractivity contribution is 0.169. The molecule has 0 radical (unpaired) electrons. The Balaban J connectivity index is 2.14. The van der Waals surface area contributed by atoms with Crippen LogP contribution in [0.4, 0.5) is 0 Å². The predicted molar refractivity (Wildman–Crippen MR) is 69.4 cm³/mol. The van der Waals surface area contributed by atoms with Crippen molar-refractivity contribution in [1.29, 1.82) is 0 Å². The maximum Gasteiger partial charge on any atom is 0.0410 e. The van der Waals surface area contributed by atoms with Gasteiger partial charge in [0.2, 0.25) is 0 Å². The zero-order valence-corrected chi connectivity index (χ0v) is 11.2. The first kappa shape index (κ1) is 12.0. The van der Waals surface area contributed by atoms with Crippen molar-refractivity contribution in [3.05, 3.63) is 28.5 Å². The number of nitrogens with zero attached hydrogens (tertiary/aromatic N) is 2. The van der Waals surface area contributed by atoms with Gasteiger partial charge in [-0.1, -0.05) is 6.92 Å². The Morgan fingerprint density at radius 2 is 2.19 bits per heavy atom. The third-order valence-electron chi connectivity index (χ3n) is 3.09. The molecular formula is C12H18BrN3. The van der Waals surface area contributed by atoms with Crippen molar-refractivity contribution >= 4 is 15.9 Å². The minimum atomic E-state index is 0.507. The molecule has 1 aromatic heterocycles. The number of piperazine rings is 1. The van der Waals surface area contributed by atoms with Crippen molar-refractivity contribution in [3.63, 3.8) is 0 Å². The molecule has 1 saturated heterocycles. The molecule has 1 aliphatic rings. The molecule has 0 aromatic carbocycles. The third kappa shape index (κ3) is 2.81. The lowest BCUT2D eigenvalue weighted by Crippen LogP contribution is -2.45. The Kier molecular flexibility index (Phi) is 4.32. The van der Waals surface area contributed by atoms with Gasteiger partial charge in [0, 0.05) is 49.1 Å². The molecule has 1 fully saturated rings. The summed E-state index contributed by atoms with van der Waals surface area (Å²) in [5.74, 6) is 0. The molecule has 3 nitrogen and oxygen atoms in total. The van der Waals surface area contributed by atoms with Gasteiger partial charge in [0.15, 0.2) is 0 Å². The number of hydrogen-bond donors (Lipinski definition) is 1. The quantitative estimate of drug-likeness (QED) is 0.922. The Bertz CT molecular complexity index is 337. The molecule has 2 heterocycles. The van der Waals surface area contributed by atoms with E-state index in [-0.39, 0.29) is 0 Å². The summed E-state index contributed by atoms with van der Waals surface area (Å²) in [6.07, 6.45) is 4.97. The van der Waals surface area contributed by atoms with Crippen LogP contribution in [0, 0.1) is 0 Å². The van der Waals surface area contributed by atoms with Crippen molar-refractivity contribution in [3.8, 4) is 0 Å². The molecule has 16 heavy (non-hydrogen) atoms. The maximum atomic E-state index is 4.26. The van der Waals surface area contributed by atoms with E-state index in [1.807, 2.05) is 12.4 Å². The summed E-state index contributed by atoms with van der Waals surface area (Å²) in [7, 11) is 0. The van der Waals surface area contributed by atoms with Gasteiger partial charge in [-0.15, -0.1) is 0 Å². The molecule has 0 unspecified atom stereocenters. The number of halogens is 1. The van der Waals surface area contributed by atoms with Crippen LogP contribution in [0.15, 0.2) is 22.9 Å². The van der Waals surface area contributed by atoms with Gasteiger partial charge < -0.3 is 5.32 Å². The lowest BCUT2D eigenvalue weighted by Gasteiger charge is -2.34. The highest BCUT2D eigenvalue weighted by Gasteiger charge is 2.20. The molecule has 0 aliphatic carbocycles. The zero-order chi connectivity index (χ0) is 11.4. The minimum absolute atomic E-state index is 0.507. The molecule has 1 aliphatic heterocycles. The van der Waals surface area contributed by atoms with E-state index in [4.69, 9.17) is 0 Å². The average molecular weight is 284 g/mol. The summed E-state index contributed by atoms with van der Waals surface area (Å²) in [5, 5.41) is 3.39. The average Bonchev–Trinajstić information content (AvgIpc) is 2.31. The van der Waals surface area contributed by atoms with Gasteiger partial charge in [-0.05, 0) is 34.0 Å². The first-order chi connectivity index (χ1) is 7.81. The second-order valence-corrected chi connectivity index (χ2v) is 5.06. The van der Waals surface area contributed by atoms with Crippen LogP contribution in [-0.4, -0.2) is 36.1 Å². The molecule has 1 atom stereocenters. The number of hydrogen-bond acceptors (Lipinski definition) is 3. The van der Waals surface area contributed by atoms with E-state index in [1.165, 1.54) is 5.56 Å². The lowest BCUT2D eigenvalue weighted by atomic mass is 10.0. The van der Waals surface area contributed by atoms with E-state index in [9.17, 15) is 0 Å². The van der Waals surface area contributed by atoms with E-state index < -0.39 is 0 Å². The Hall–Kier alpha value is -0.450. The summed E-state index contributed by atoms with van der Waals surface area (Å²) in [4.78, 5) is 6.80. The number of pyridine rings is 1. The van der Waals surface area contributed by atoms with Crippen LogP contribution >= 0.6 is 15.9 Å². The van der Waals surface area contributed by atoms with Gasteiger partial charge in [0.25, 0.3) is 0 Å². The minimum Gasteiger partial charge on any atom is -0.314 e. The van der Waals surface area contributed by atoms with Crippen molar-refractivity contribution in [2.24, 2.45) is 0 Å². The normalized spacial score (nSPS) is 19.6. The first-order valence-electron chi connectivity index (χ1n) is 5.86. The van der Waals surface area contributed by atoms with Gasteiger partial charge in [-0.25, -0.2) is 0 Å². The molecule has 0 bridgehead atoms. The van der Waals surface area contributed by atoms with Crippen LogP contribution in [0.25, 0.3) is 0 Å². The highest BCUT2D eigenvalue weighted by molar-refractivity contribution is 9.10. The van der Waals surface area contributed by atoms with E-state index in [1.54, 1.807) is 0 Å². The molecular weight excluding hydrogens is 266 g/mol. The molecule has 0 spiro atoms. The van der Waals surface area contributed by atoms with E-state index >= 15 is 0 Å². The van der Waals surface area contributed by atoms with Crippen LogP contribution < -0.4 is 5.32 Å². The smallest absolute Gasteiger partial charge is 0.0410 e. The van der Waals surface area contributed by atoms with E-state index in [2.05, 4.69) is 44.1 Å². The highest BCUT2D eigenvalue weighted by Crippen LogP contribution is 2.25. The van der Waals surface area contributed by atoms with Crippen LogP contribution in [-0.2, 0) is 0 Å². The molecule has 1 N–H and O–H groups in total. The second kappa shape index (κ2) is 5.75. The van der Waals surface area contributed by atoms with Crippen LogP contribution in [0.2, 0.25) is 0 Å². The van der Waals surface area contributed by atoms with Crippen LogP contribution in [0.5, 0.6) is 0 Å². The van der Waals surface area contributed by atoms with Crippen molar-refractivity contribution in [2.45, 2.75) is 19.4 Å². The molecule has 0 saturated carbocycles. The van der Waals surface area contributed by atoms with E-state index in [0.717, 1.165) is 37.1 Å². The van der Waals surface area contributed by atoms with Crippen molar-refractivity contribution < 1.29 is 0 Å². The molecule has 2 rings (SSSR count). The summed E-state index contributed by atoms with van der Waals surface area (Å²) < 4.78 is 1.07. The Morgan fingerprint density at radius 1 is 1.44 bits per heavy atom. The Labute approximate surface area is 105 Å². The number of rotatable bonds is 3. The monoisotopic (exact) mass is 283 g/mol. The molecule has 1 aromatic rings. The zero-order valence-electron chi connectivity index (χ0n) is 9.62. The van der Waals surface area contributed by atoms with Gasteiger partial charge in [-0.3, -0.25) is 9.88 Å². The standard InChI is InChI=1S/C12H18BrN3/c1-2-12(16-5-3-14-4-6-16)10-7-11(13)9-15-8-10/h7-9,12,14H,2-6H2,1H3/t12-/m0/s1. The summed E-state index contributed by atoms with van der Waals surface area (Å²) in [5.41, 5.74) is 1.32. The fourth-order valence-corrected chi connectivity index (χ4v) is 2.69. The molecule has 0 amide bonds. The fraction of sp³-hybridized carbons (Fsp3) is 0.583. The largest absolute Gasteiger partial charge is 0.314 e. The number of aromatic nitrogens is 1. The topological polar surface area (TPSA) is 28.2 Å². The second-order valence-electron chi connectivity index (χ2n) is 4.15. The fourth-order valence-electron chi connectivity index (χ4n) is 2.31. The number of nitrogens with one attached hydrogen (secondary N) is 1. The third-order valence-corrected chi connectivity index (χ3v) is 3.52.